The molecule has 0 spiro atoms. The number of rotatable bonds is 8. The molecule has 10 heteroatoms. The molecule has 3 aliphatic rings. The molecule has 0 amide bonds. The minimum atomic E-state index is -4.83. The van der Waals surface area contributed by atoms with Gasteiger partial charge < -0.3 is 24.7 Å². The number of hydrogen-bond acceptors (Lipinski definition) is 6. The SMILES string of the molecule is COCCN1C[C@@H]2[C@H](C1)[C@H]2n1cc(-c2cnc(N)c(OC(F)(F)F)c2)nc1CC1CC1. The summed E-state index contributed by atoms with van der Waals surface area (Å²) >= 11 is 0. The van der Waals surface area contributed by atoms with E-state index in [9.17, 15) is 13.2 Å². The third-order valence-corrected chi connectivity index (χ3v) is 6.54. The number of fused-ring (bicyclic) bond motifs is 1. The average Bonchev–Trinajstić information content (AvgIpc) is 3.55. The van der Waals surface area contributed by atoms with Gasteiger partial charge in [-0.1, -0.05) is 0 Å². The molecule has 168 valence electrons. The fourth-order valence-corrected chi connectivity index (χ4v) is 4.76. The zero-order valence-electron chi connectivity index (χ0n) is 17.3. The maximum atomic E-state index is 12.7. The minimum absolute atomic E-state index is 0.299. The van der Waals surface area contributed by atoms with Crippen LogP contribution in [0.2, 0.25) is 0 Å². The molecule has 0 bridgehead atoms. The lowest BCUT2D eigenvalue weighted by Crippen LogP contribution is -2.28. The standard InChI is InChI=1S/C21H26F3N5O2/c1-30-5-4-28-9-14-15(10-28)19(14)29-11-16(27-18(29)6-12-2-3-12)13-7-17(20(25)26-8-13)31-21(22,23)24/h7-8,11-12,14-15,19H,2-6,9-10H2,1H3,(H2,25,26)/t14-,15+,19+. The van der Waals surface area contributed by atoms with Gasteiger partial charge in [-0.3, -0.25) is 0 Å². The Bertz CT molecular complexity index is 947. The Balaban J connectivity index is 1.38. The Morgan fingerprint density at radius 2 is 1.97 bits per heavy atom. The van der Waals surface area contributed by atoms with Crippen LogP contribution in [0.4, 0.5) is 19.0 Å². The topological polar surface area (TPSA) is 78.4 Å². The number of aromatic nitrogens is 3. The zero-order chi connectivity index (χ0) is 21.8. The highest BCUT2D eigenvalue weighted by atomic mass is 19.4. The van der Waals surface area contributed by atoms with Crippen molar-refractivity contribution in [2.45, 2.75) is 31.7 Å². The first-order valence-electron chi connectivity index (χ1n) is 10.6. The van der Waals surface area contributed by atoms with Gasteiger partial charge in [0.2, 0.25) is 0 Å². The van der Waals surface area contributed by atoms with Crippen molar-refractivity contribution in [3.8, 4) is 17.0 Å². The van der Waals surface area contributed by atoms with Gasteiger partial charge in [-0.15, -0.1) is 13.2 Å². The van der Waals surface area contributed by atoms with Crippen LogP contribution in [-0.4, -0.2) is 59.1 Å². The molecule has 2 saturated carbocycles. The normalized spacial score (nSPS) is 25.6. The summed E-state index contributed by atoms with van der Waals surface area (Å²) in [6.07, 6.45) is 1.90. The lowest BCUT2D eigenvalue weighted by atomic mass is 10.2. The van der Waals surface area contributed by atoms with Crippen LogP contribution in [0.5, 0.6) is 5.75 Å². The number of ether oxygens (including phenoxy) is 2. The van der Waals surface area contributed by atoms with E-state index in [2.05, 4.69) is 19.2 Å². The first-order valence-corrected chi connectivity index (χ1v) is 10.6. The highest BCUT2D eigenvalue weighted by Gasteiger charge is 2.57. The molecule has 5 rings (SSSR count). The van der Waals surface area contributed by atoms with Crippen LogP contribution in [0.1, 0.15) is 24.7 Å². The molecule has 31 heavy (non-hydrogen) atoms. The lowest BCUT2D eigenvalue weighted by molar-refractivity contribution is -0.274. The highest BCUT2D eigenvalue weighted by Crippen LogP contribution is 2.56. The van der Waals surface area contributed by atoms with E-state index in [4.69, 9.17) is 15.5 Å². The Morgan fingerprint density at radius 1 is 1.23 bits per heavy atom. The lowest BCUT2D eigenvalue weighted by Gasteiger charge is -2.20. The van der Waals surface area contributed by atoms with Crippen LogP contribution in [0, 0.1) is 17.8 Å². The molecule has 3 fully saturated rings. The van der Waals surface area contributed by atoms with Gasteiger partial charge in [-0.2, -0.15) is 0 Å². The number of nitrogen functional groups attached to an aromatic ring is 1. The van der Waals surface area contributed by atoms with Gasteiger partial charge in [0.05, 0.1) is 12.3 Å². The van der Waals surface area contributed by atoms with Gasteiger partial charge in [0.25, 0.3) is 0 Å². The van der Waals surface area contributed by atoms with Crippen molar-refractivity contribution in [1.82, 2.24) is 19.4 Å². The number of hydrogen-bond donors (Lipinski definition) is 1. The van der Waals surface area contributed by atoms with Crippen molar-refractivity contribution in [3.05, 3.63) is 24.3 Å². The molecule has 7 nitrogen and oxygen atoms in total. The Kier molecular flexibility index (Phi) is 5.09. The number of piperidine rings is 1. The second-order valence-corrected chi connectivity index (χ2v) is 8.82. The summed E-state index contributed by atoms with van der Waals surface area (Å²) in [5.74, 6) is 2.04. The van der Waals surface area contributed by atoms with E-state index in [0.29, 0.717) is 35.1 Å². The summed E-state index contributed by atoms with van der Waals surface area (Å²) in [6, 6.07) is 1.67. The molecule has 2 aromatic heterocycles. The van der Waals surface area contributed by atoms with Crippen LogP contribution in [0.3, 0.4) is 0 Å². The smallest absolute Gasteiger partial charge is 0.402 e. The fourth-order valence-electron chi connectivity index (χ4n) is 4.76. The van der Waals surface area contributed by atoms with E-state index in [-0.39, 0.29) is 5.82 Å². The number of halogens is 3. The highest BCUT2D eigenvalue weighted by molar-refractivity contribution is 5.64. The molecule has 0 radical (unpaired) electrons. The zero-order valence-corrected chi connectivity index (χ0v) is 17.3. The number of likely N-dealkylation sites (tertiary alicyclic amines) is 1. The largest absolute Gasteiger partial charge is 0.573 e. The van der Waals surface area contributed by atoms with Gasteiger partial charge in [0.15, 0.2) is 11.6 Å². The van der Waals surface area contributed by atoms with Gasteiger partial charge in [-0.25, -0.2) is 9.97 Å². The fraction of sp³-hybridized carbons (Fsp3) is 0.619. The molecule has 3 atom stereocenters. The molecule has 1 aliphatic heterocycles. The minimum Gasteiger partial charge on any atom is -0.402 e. The molecular formula is C21H26F3N5O2. The molecule has 0 aromatic carbocycles. The number of pyridine rings is 1. The first kappa shape index (κ1) is 20.6. The van der Waals surface area contributed by atoms with Crippen molar-refractivity contribution in [3.63, 3.8) is 0 Å². The van der Waals surface area contributed by atoms with E-state index in [1.165, 1.54) is 25.1 Å². The number of imidazole rings is 1. The molecular weight excluding hydrogens is 411 g/mol. The first-order chi connectivity index (χ1) is 14.8. The third kappa shape index (κ3) is 4.36. The summed E-state index contributed by atoms with van der Waals surface area (Å²) in [4.78, 5) is 11.1. The van der Waals surface area contributed by atoms with Crippen LogP contribution in [0.25, 0.3) is 11.3 Å². The maximum Gasteiger partial charge on any atom is 0.573 e. The van der Waals surface area contributed by atoms with Gasteiger partial charge in [0, 0.05) is 57.2 Å². The van der Waals surface area contributed by atoms with Gasteiger partial charge in [0.1, 0.15) is 5.82 Å². The van der Waals surface area contributed by atoms with Gasteiger partial charge >= 0.3 is 6.36 Å². The number of nitrogens with zero attached hydrogens (tertiary/aromatic N) is 4. The third-order valence-electron chi connectivity index (χ3n) is 6.54. The molecule has 0 unspecified atom stereocenters. The summed E-state index contributed by atoms with van der Waals surface area (Å²) in [7, 11) is 1.72. The Labute approximate surface area is 178 Å². The molecule has 1 saturated heterocycles. The van der Waals surface area contributed by atoms with E-state index in [0.717, 1.165) is 38.5 Å². The number of nitrogens with two attached hydrogens (primary N) is 1. The number of alkyl halides is 3. The second kappa shape index (κ2) is 7.67. The van der Waals surface area contributed by atoms with Crippen molar-refractivity contribution in [1.29, 1.82) is 0 Å². The quantitative estimate of drug-likeness (QED) is 0.684. The van der Waals surface area contributed by atoms with E-state index in [1.54, 1.807) is 7.11 Å². The van der Waals surface area contributed by atoms with Crippen molar-refractivity contribution < 1.29 is 22.6 Å². The van der Waals surface area contributed by atoms with E-state index < -0.39 is 12.1 Å². The monoisotopic (exact) mass is 437 g/mol. The predicted molar refractivity (Wildman–Crippen MR) is 107 cm³/mol. The van der Waals surface area contributed by atoms with Crippen molar-refractivity contribution in [2.24, 2.45) is 17.8 Å². The Hall–Kier alpha value is -2.33. The summed E-state index contributed by atoms with van der Waals surface area (Å²) in [5, 5.41) is 0. The number of anilines is 1. The molecule has 2 aromatic rings. The summed E-state index contributed by atoms with van der Waals surface area (Å²) in [6.45, 7) is 3.77. The van der Waals surface area contributed by atoms with E-state index >= 15 is 0 Å². The van der Waals surface area contributed by atoms with Gasteiger partial charge in [-0.05, 0) is 36.7 Å². The molecule has 2 aliphatic carbocycles. The molecule has 3 heterocycles. The van der Waals surface area contributed by atoms with Crippen LogP contribution >= 0.6 is 0 Å². The Morgan fingerprint density at radius 3 is 2.61 bits per heavy atom. The maximum absolute atomic E-state index is 12.7. The van der Waals surface area contributed by atoms with Crippen LogP contribution in [0.15, 0.2) is 18.5 Å². The summed E-state index contributed by atoms with van der Waals surface area (Å²) in [5.41, 5.74) is 6.65. The summed E-state index contributed by atoms with van der Waals surface area (Å²) < 4.78 is 49.6. The second-order valence-electron chi connectivity index (χ2n) is 8.82. The number of methoxy groups -OCH3 is 1. The van der Waals surface area contributed by atoms with E-state index in [1.807, 2.05) is 6.20 Å². The van der Waals surface area contributed by atoms with Crippen molar-refractivity contribution >= 4 is 5.82 Å². The average molecular weight is 437 g/mol. The predicted octanol–water partition coefficient (Wildman–Crippen LogP) is 3.13. The van der Waals surface area contributed by atoms with Crippen molar-refractivity contribution in [2.75, 3.05) is 39.1 Å². The molecule has 2 N–H and O–H groups in total. The van der Waals surface area contributed by atoms with Crippen LogP contribution < -0.4 is 10.5 Å². The van der Waals surface area contributed by atoms with Crippen LogP contribution in [-0.2, 0) is 11.2 Å².